The SMILES string of the molecule is CCOC(=O)C1CCN(C(=O)CCC(=O)NNC(=O)Cc2ccccc2)CC1. The lowest BCUT2D eigenvalue weighted by atomic mass is 9.97. The summed E-state index contributed by atoms with van der Waals surface area (Å²) in [5.74, 6) is -1.25. The fourth-order valence-corrected chi connectivity index (χ4v) is 3.03. The molecule has 0 radical (unpaired) electrons. The third-order valence-corrected chi connectivity index (χ3v) is 4.58. The van der Waals surface area contributed by atoms with E-state index in [0.29, 0.717) is 32.5 Å². The first-order valence-electron chi connectivity index (χ1n) is 9.55. The molecule has 8 nitrogen and oxygen atoms in total. The number of amides is 3. The van der Waals surface area contributed by atoms with E-state index in [-0.39, 0.29) is 43.0 Å². The van der Waals surface area contributed by atoms with Gasteiger partial charge in [-0.3, -0.25) is 30.0 Å². The number of benzene rings is 1. The number of carbonyl (C=O) groups excluding carboxylic acids is 4. The van der Waals surface area contributed by atoms with Crippen LogP contribution in [0.15, 0.2) is 30.3 Å². The van der Waals surface area contributed by atoms with Crippen LogP contribution in [0.25, 0.3) is 0 Å². The van der Waals surface area contributed by atoms with E-state index in [2.05, 4.69) is 10.9 Å². The number of carbonyl (C=O) groups is 4. The predicted molar refractivity (Wildman–Crippen MR) is 102 cm³/mol. The molecule has 2 N–H and O–H groups in total. The number of hydrogen-bond acceptors (Lipinski definition) is 5. The largest absolute Gasteiger partial charge is 0.466 e. The number of nitrogens with zero attached hydrogens (tertiary/aromatic N) is 1. The first-order chi connectivity index (χ1) is 13.5. The Morgan fingerprint density at radius 2 is 1.64 bits per heavy atom. The molecular formula is C20H27N3O5. The van der Waals surface area contributed by atoms with Gasteiger partial charge >= 0.3 is 5.97 Å². The zero-order chi connectivity index (χ0) is 20.4. The van der Waals surface area contributed by atoms with Gasteiger partial charge in [0.25, 0.3) is 0 Å². The van der Waals surface area contributed by atoms with Crippen molar-refractivity contribution >= 4 is 23.7 Å². The summed E-state index contributed by atoms with van der Waals surface area (Å²) in [6, 6.07) is 9.18. The summed E-state index contributed by atoms with van der Waals surface area (Å²) in [5, 5.41) is 0. The van der Waals surface area contributed by atoms with Gasteiger partial charge in [0, 0.05) is 25.9 Å². The first-order valence-corrected chi connectivity index (χ1v) is 9.55. The number of hydrogen-bond donors (Lipinski definition) is 2. The van der Waals surface area contributed by atoms with Crippen molar-refractivity contribution in [2.75, 3.05) is 19.7 Å². The van der Waals surface area contributed by atoms with E-state index >= 15 is 0 Å². The molecule has 1 saturated heterocycles. The second kappa shape index (κ2) is 11.1. The molecule has 3 amide bonds. The van der Waals surface area contributed by atoms with Crippen molar-refractivity contribution in [3.8, 4) is 0 Å². The van der Waals surface area contributed by atoms with E-state index in [4.69, 9.17) is 4.74 Å². The van der Waals surface area contributed by atoms with Gasteiger partial charge in [-0.05, 0) is 25.3 Å². The van der Waals surface area contributed by atoms with Crippen molar-refractivity contribution in [2.24, 2.45) is 5.92 Å². The van der Waals surface area contributed by atoms with Crippen LogP contribution in [0.2, 0.25) is 0 Å². The van der Waals surface area contributed by atoms with Gasteiger partial charge in [-0.2, -0.15) is 0 Å². The maximum atomic E-state index is 12.2. The quantitative estimate of drug-likeness (QED) is 0.534. The molecule has 1 aromatic carbocycles. The summed E-state index contributed by atoms with van der Waals surface area (Å²) >= 11 is 0. The first kappa shape index (κ1) is 21.4. The van der Waals surface area contributed by atoms with Crippen LogP contribution in [0, 0.1) is 5.92 Å². The second-order valence-electron chi connectivity index (χ2n) is 6.67. The molecule has 8 heteroatoms. The van der Waals surface area contributed by atoms with Crippen LogP contribution in [-0.2, 0) is 30.3 Å². The molecule has 0 bridgehead atoms. The highest BCUT2D eigenvalue weighted by Crippen LogP contribution is 2.19. The van der Waals surface area contributed by atoms with Crippen molar-refractivity contribution in [3.05, 3.63) is 35.9 Å². The molecule has 1 fully saturated rings. The average Bonchev–Trinajstić information content (AvgIpc) is 2.71. The molecule has 0 unspecified atom stereocenters. The zero-order valence-electron chi connectivity index (χ0n) is 16.1. The van der Waals surface area contributed by atoms with Crippen molar-refractivity contribution < 1.29 is 23.9 Å². The zero-order valence-corrected chi connectivity index (χ0v) is 16.1. The standard InChI is InChI=1S/C20H27N3O5/c1-2-28-20(27)16-10-12-23(13-11-16)19(26)9-8-17(24)21-22-18(25)14-15-6-4-3-5-7-15/h3-7,16H,2,8-14H2,1H3,(H,21,24)(H,22,25). The Morgan fingerprint density at radius 1 is 1.00 bits per heavy atom. The molecule has 0 aliphatic carbocycles. The number of piperidine rings is 1. The van der Waals surface area contributed by atoms with E-state index < -0.39 is 5.91 Å². The third kappa shape index (κ3) is 7.02. The van der Waals surface area contributed by atoms with Crippen molar-refractivity contribution in [2.45, 2.75) is 39.0 Å². The van der Waals surface area contributed by atoms with Gasteiger partial charge in [-0.1, -0.05) is 30.3 Å². The lowest BCUT2D eigenvalue weighted by molar-refractivity contribution is -0.151. The van der Waals surface area contributed by atoms with Crippen LogP contribution < -0.4 is 10.9 Å². The summed E-state index contributed by atoms with van der Waals surface area (Å²) in [4.78, 5) is 49.2. The number of ether oxygens (including phenoxy) is 1. The molecule has 28 heavy (non-hydrogen) atoms. The van der Waals surface area contributed by atoms with Gasteiger partial charge in [-0.15, -0.1) is 0 Å². The number of esters is 1. The van der Waals surface area contributed by atoms with Crippen molar-refractivity contribution in [1.82, 2.24) is 15.8 Å². The summed E-state index contributed by atoms with van der Waals surface area (Å²) in [6.45, 7) is 3.09. The predicted octanol–water partition coefficient (Wildman–Crippen LogP) is 0.958. The van der Waals surface area contributed by atoms with Gasteiger partial charge in [-0.25, -0.2) is 0 Å². The fourth-order valence-electron chi connectivity index (χ4n) is 3.03. The normalized spacial score (nSPS) is 14.2. The van der Waals surface area contributed by atoms with E-state index in [9.17, 15) is 19.2 Å². The average molecular weight is 389 g/mol. The van der Waals surface area contributed by atoms with E-state index in [1.165, 1.54) is 0 Å². The molecule has 1 aromatic rings. The molecule has 1 aliphatic heterocycles. The Bertz CT molecular complexity index is 684. The minimum atomic E-state index is -0.420. The van der Waals surface area contributed by atoms with Crippen molar-refractivity contribution in [1.29, 1.82) is 0 Å². The second-order valence-corrected chi connectivity index (χ2v) is 6.67. The maximum Gasteiger partial charge on any atom is 0.309 e. The number of hydrazine groups is 1. The minimum Gasteiger partial charge on any atom is -0.466 e. The maximum absolute atomic E-state index is 12.2. The number of likely N-dealkylation sites (tertiary alicyclic amines) is 1. The van der Waals surface area contributed by atoms with Crippen molar-refractivity contribution in [3.63, 3.8) is 0 Å². The monoisotopic (exact) mass is 389 g/mol. The molecule has 1 heterocycles. The van der Waals surface area contributed by atoms with Gasteiger partial charge in [0.05, 0.1) is 18.9 Å². The third-order valence-electron chi connectivity index (χ3n) is 4.58. The van der Waals surface area contributed by atoms with E-state index in [1.807, 2.05) is 30.3 Å². The summed E-state index contributed by atoms with van der Waals surface area (Å²) in [5.41, 5.74) is 5.52. The van der Waals surface area contributed by atoms with Crippen LogP contribution in [0.3, 0.4) is 0 Å². The topological polar surface area (TPSA) is 105 Å². The minimum absolute atomic E-state index is 0.0117. The molecule has 2 rings (SSSR count). The lowest BCUT2D eigenvalue weighted by Crippen LogP contribution is -2.43. The Kier molecular flexibility index (Phi) is 8.45. The van der Waals surface area contributed by atoms with Crippen LogP contribution in [0.4, 0.5) is 0 Å². The highest BCUT2D eigenvalue weighted by Gasteiger charge is 2.28. The Balaban J connectivity index is 1.62. The summed E-state index contributed by atoms with van der Waals surface area (Å²) in [6.07, 6.45) is 1.36. The molecule has 0 saturated carbocycles. The Labute approximate surface area is 164 Å². The highest BCUT2D eigenvalue weighted by atomic mass is 16.5. The van der Waals surface area contributed by atoms with Crippen LogP contribution in [0.5, 0.6) is 0 Å². The molecular weight excluding hydrogens is 362 g/mol. The van der Waals surface area contributed by atoms with Gasteiger partial charge in [0.1, 0.15) is 0 Å². The van der Waals surface area contributed by atoms with Gasteiger partial charge in [0.2, 0.25) is 17.7 Å². The summed E-state index contributed by atoms with van der Waals surface area (Å²) in [7, 11) is 0. The number of rotatable bonds is 7. The smallest absolute Gasteiger partial charge is 0.309 e. The number of nitrogens with one attached hydrogen (secondary N) is 2. The molecule has 0 aromatic heterocycles. The van der Waals surface area contributed by atoms with Crippen LogP contribution in [0.1, 0.15) is 38.2 Å². The lowest BCUT2D eigenvalue weighted by Gasteiger charge is -2.30. The van der Waals surface area contributed by atoms with E-state index in [0.717, 1.165) is 5.56 Å². The van der Waals surface area contributed by atoms with E-state index in [1.54, 1.807) is 11.8 Å². The molecule has 0 atom stereocenters. The van der Waals surface area contributed by atoms with Crippen LogP contribution >= 0.6 is 0 Å². The molecule has 152 valence electrons. The molecule has 1 aliphatic rings. The van der Waals surface area contributed by atoms with Gasteiger partial charge in [0.15, 0.2) is 0 Å². The Hall–Kier alpha value is -2.90. The fraction of sp³-hybridized carbons (Fsp3) is 0.500. The van der Waals surface area contributed by atoms with Gasteiger partial charge < -0.3 is 9.64 Å². The highest BCUT2D eigenvalue weighted by molar-refractivity contribution is 5.86. The van der Waals surface area contributed by atoms with Crippen LogP contribution in [-0.4, -0.2) is 48.3 Å². The Morgan fingerprint density at radius 3 is 2.29 bits per heavy atom. The molecule has 0 spiro atoms. The summed E-state index contributed by atoms with van der Waals surface area (Å²) < 4.78 is 5.01.